The minimum atomic E-state index is -0.0445. The molecule has 0 spiro atoms. The highest BCUT2D eigenvalue weighted by atomic mass is 16.3. The molecular formula is C14H10O3. The van der Waals surface area contributed by atoms with E-state index in [2.05, 4.69) is 0 Å². The Morgan fingerprint density at radius 1 is 0.824 bits per heavy atom. The van der Waals surface area contributed by atoms with Gasteiger partial charge in [0, 0.05) is 5.56 Å². The van der Waals surface area contributed by atoms with Crippen molar-refractivity contribution in [3.63, 3.8) is 0 Å². The summed E-state index contributed by atoms with van der Waals surface area (Å²) < 4.78 is 0. The molecule has 0 aromatic heterocycles. The van der Waals surface area contributed by atoms with Crippen molar-refractivity contribution in [2.45, 2.75) is 0 Å². The van der Waals surface area contributed by atoms with E-state index in [9.17, 15) is 14.7 Å². The molecule has 0 aliphatic heterocycles. The summed E-state index contributed by atoms with van der Waals surface area (Å²) in [6.45, 7) is 0. The van der Waals surface area contributed by atoms with Crippen molar-refractivity contribution >= 4 is 12.6 Å². The molecule has 0 radical (unpaired) electrons. The van der Waals surface area contributed by atoms with Crippen LogP contribution in [-0.4, -0.2) is 17.7 Å². The maximum absolute atomic E-state index is 10.6. The molecule has 0 atom stereocenters. The minimum Gasteiger partial charge on any atom is -0.507 e. The predicted octanol–water partition coefficient (Wildman–Crippen LogP) is 2.68. The quantitative estimate of drug-likeness (QED) is 0.818. The minimum absolute atomic E-state index is 0.0445. The Balaban J connectivity index is 2.42. The molecule has 0 aliphatic carbocycles. The van der Waals surface area contributed by atoms with Crippen LogP contribution in [0.2, 0.25) is 0 Å². The number of phenols is 1. The van der Waals surface area contributed by atoms with Gasteiger partial charge in [0.05, 0.1) is 5.56 Å². The summed E-state index contributed by atoms with van der Waals surface area (Å²) in [7, 11) is 0. The highest BCUT2D eigenvalue weighted by Gasteiger charge is 2.03. The van der Waals surface area contributed by atoms with Crippen LogP contribution >= 0.6 is 0 Å². The lowest BCUT2D eigenvalue weighted by Crippen LogP contribution is -1.84. The topological polar surface area (TPSA) is 54.4 Å². The van der Waals surface area contributed by atoms with Gasteiger partial charge in [-0.1, -0.05) is 30.3 Å². The van der Waals surface area contributed by atoms with Crippen LogP contribution in [0.15, 0.2) is 42.5 Å². The van der Waals surface area contributed by atoms with Crippen LogP contribution in [0, 0.1) is 0 Å². The maximum atomic E-state index is 10.6. The summed E-state index contributed by atoms with van der Waals surface area (Å²) in [5.41, 5.74) is 2.54. The van der Waals surface area contributed by atoms with Crippen molar-refractivity contribution in [2.24, 2.45) is 0 Å². The van der Waals surface area contributed by atoms with Gasteiger partial charge in [0.15, 0.2) is 6.29 Å². The monoisotopic (exact) mass is 226 g/mol. The third-order valence-corrected chi connectivity index (χ3v) is 2.54. The fraction of sp³-hybridized carbons (Fsp3) is 0. The average Bonchev–Trinajstić information content (AvgIpc) is 2.39. The highest BCUT2D eigenvalue weighted by Crippen LogP contribution is 2.25. The summed E-state index contributed by atoms with van der Waals surface area (Å²) >= 11 is 0. The summed E-state index contributed by atoms with van der Waals surface area (Å²) in [5.74, 6) is -0.0445. The van der Waals surface area contributed by atoms with Gasteiger partial charge in [-0.05, 0) is 23.3 Å². The van der Waals surface area contributed by atoms with Crippen LogP contribution in [0.25, 0.3) is 11.1 Å². The molecule has 0 bridgehead atoms. The van der Waals surface area contributed by atoms with E-state index in [-0.39, 0.29) is 11.3 Å². The van der Waals surface area contributed by atoms with Crippen molar-refractivity contribution in [3.05, 3.63) is 53.6 Å². The SMILES string of the molecule is O=Cc1ccc(-c2ccc(C=O)c(O)c2)cc1. The van der Waals surface area contributed by atoms with E-state index in [1.165, 1.54) is 6.07 Å². The van der Waals surface area contributed by atoms with Gasteiger partial charge in [0.2, 0.25) is 0 Å². The van der Waals surface area contributed by atoms with Crippen molar-refractivity contribution < 1.29 is 14.7 Å². The van der Waals surface area contributed by atoms with E-state index in [1.807, 2.05) is 0 Å². The zero-order chi connectivity index (χ0) is 12.3. The molecule has 0 aliphatic rings. The maximum Gasteiger partial charge on any atom is 0.153 e. The van der Waals surface area contributed by atoms with E-state index < -0.39 is 0 Å². The Bertz CT molecular complexity index is 556. The molecule has 2 aromatic rings. The van der Waals surface area contributed by atoms with Crippen molar-refractivity contribution in [2.75, 3.05) is 0 Å². The van der Waals surface area contributed by atoms with Gasteiger partial charge >= 0.3 is 0 Å². The molecule has 3 nitrogen and oxygen atoms in total. The molecular weight excluding hydrogens is 216 g/mol. The summed E-state index contributed by atoms with van der Waals surface area (Å²) in [4.78, 5) is 21.1. The molecule has 0 fully saturated rings. The molecule has 0 heterocycles. The lowest BCUT2D eigenvalue weighted by molar-refractivity contribution is 0.111. The normalized spacial score (nSPS) is 9.88. The van der Waals surface area contributed by atoms with Gasteiger partial charge in [-0.2, -0.15) is 0 Å². The van der Waals surface area contributed by atoms with Crippen LogP contribution in [0.4, 0.5) is 0 Å². The fourth-order valence-electron chi connectivity index (χ4n) is 1.58. The number of rotatable bonds is 3. The predicted molar refractivity (Wildman–Crippen MR) is 64.3 cm³/mol. The van der Waals surface area contributed by atoms with Crippen LogP contribution < -0.4 is 0 Å². The molecule has 0 unspecified atom stereocenters. The lowest BCUT2D eigenvalue weighted by Gasteiger charge is -2.04. The third kappa shape index (κ3) is 2.23. The van der Waals surface area contributed by atoms with Gasteiger partial charge in [0.1, 0.15) is 12.0 Å². The van der Waals surface area contributed by atoms with Crippen molar-refractivity contribution in [3.8, 4) is 16.9 Å². The molecule has 0 saturated carbocycles. The molecule has 0 amide bonds. The van der Waals surface area contributed by atoms with E-state index >= 15 is 0 Å². The van der Waals surface area contributed by atoms with Gasteiger partial charge < -0.3 is 5.11 Å². The van der Waals surface area contributed by atoms with Crippen LogP contribution in [0.1, 0.15) is 20.7 Å². The molecule has 17 heavy (non-hydrogen) atoms. The van der Waals surface area contributed by atoms with Gasteiger partial charge in [-0.15, -0.1) is 0 Å². The molecule has 0 saturated heterocycles. The number of phenolic OH excluding ortho intramolecular Hbond substituents is 1. The number of carbonyl (C=O) groups is 2. The van der Waals surface area contributed by atoms with E-state index in [1.54, 1.807) is 36.4 Å². The molecule has 1 N–H and O–H groups in total. The van der Waals surface area contributed by atoms with Gasteiger partial charge in [0.25, 0.3) is 0 Å². The summed E-state index contributed by atoms with van der Waals surface area (Å²) in [6.07, 6.45) is 1.38. The molecule has 3 heteroatoms. The van der Waals surface area contributed by atoms with Crippen molar-refractivity contribution in [1.82, 2.24) is 0 Å². The zero-order valence-corrected chi connectivity index (χ0v) is 8.96. The Kier molecular flexibility index (Phi) is 3.01. The number of benzene rings is 2. The Hall–Kier alpha value is -2.42. The average molecular weight is 226 g/mol. The largest absolute Gasteiger partial charge is 0.507 e. The first-order chi connectivity index (χ1) is 8.24. The van der Waals surface area contributed by atoms with Crippen LogP contribution in [0.5, 0.6) is 5.75 Å². The number of hydrogen-bond donors (Lipinski definition) is 1. The Morgan fingerprint density at radius 2 is 1.47 bits per heavy atom. The summed E-state index contributed by atoms with van der Waals surface area (Å²) in [6, 6.07) is 11.8. The van der Waals surface area contributed by atoms with Crippen molar-refractivity contribution in [1.29, 1.82) is 0 Å². The number of aldehydes is 2. The van der Waals surface area contributed by atoms with Crippen LogP contribution in [-0.2, 0) is 0 Å². The second-order valence-corrected chi connectivity index (χ2v) is 3.63. The molecule has 84 valence electrons. The number of hydrogen-bond acceptors (Lipinski definition) is 3. The number of carbonyl (C=O) groups excluding carboxylic acids is 2. The van der Waals surface area contributed by atoms with E-state index in [4.69, 9.17) is 0 Å². The highest BCUT2D eigenvalue weighted by molar-refractivity contribution is 5.82. The van der Waals surface area contributed by atoms with Gasteiger partial charge in [-0.3, -0.25) is 9.59 Å². The Morgan fingerprint density at radius 3 is 2.00 bits per heavy atom. The molecule has 2 rings (SSSR count). The zero-order valence-electron chi connectivity index (χ0n) is 8.96. The smallest absolute Gasteiger partial charge is 0.153 e. The van der Waals surface area contributed by atoms with E-state index in [0.29, 0.717) is 11.8 Å². The van der Waals surface area contributed by atoms with Gasteiger partial charge in [-0.25, -0.2) is 0 Å². The summed E-state index contributed by atoms with van der Waals surface area (Å²) in [5, 5.41) is 9.57. The first kappa shape index (κ1) is 11.1. The first-order valence-corrected chi connectivity index (χ1v) is 5.08. The second kappa shape index (κ2) is 4.61. The fourth-order valence-corrected chi connectivity index (χ4v) is 1.58. The third-order valence-electron chi connectivity index (χ3n) is 2.54. The number of aromatic hydroxyl groups is 1. The molecule has 2 aromatic carbocycles. The Labute approximate surface area is 98.3 Å². The standard InChI is InChI=1S/C14H10O3/c15-8-10-1-3-11(4-2-10)12-5-6-13(9-16)14(17)7-12/h1-9,17H. The second-order valence-electron chi connectivity index (χ2n) is 3.63. The lowest BCUT2D eigenvalue weighted by atomic mass is 10.0. The first-order valence-electron chi connectivity index (χ1n) is 5.08. The van der Waals surface area contributed by atoms with E-state index in [0.717, 1.165) is 17.4 Å². The van der Waals surface area contributed by atoms with Crippen LogP contribution in [0.3, 0.4) is 0 Å².